The van der Waals surface area contributed by atoms with E-state index in [2.05, 4.69) is 6.07 Å². The van der Waals surface area contributed by atoms with E-state index in [4.69, 9.17) is 0 Å². The molecule has 0 N–H and O–H groups in total. The van der Waals surface area contributed by atoms with Gasteiger partial charge in [0.15, 0.2) is 0 Å². The third-order valence-corrected chi connectivity index (χ3v) is 4.54. The smallest absolute Gasteiger partial charge is 0.207 e. The summed E-state index contributed by atoms with van der Waals surface area (Å²) >= 11 is 0. The van der Waals surface area contributed by atoms with E-state index in [0.29, 0.717) is 18.0 Å². The minimum atomic E-state index is -3.25. The first-order valence-electron chi connectivity index (χ1n) is 5.09. The summed E-state index contributed by atoms with van der Waals surface area (Å²) < 4.78 is 25.7. The van der Waals surface area contributed by atoms with Gasteiger partial charge in [-0.25, -0.2) is 8.42 Å². The Morgan fingerprint density at radius 2 is 1.93 bits per heavy atom. The Morgan fingerprint density at radius 3 is 2.47 bits per heavy atom. The lowest BCUT2D eigenvalue weighted by Crippen LogP contribution is -2.27. The topological polar surface area (TPSA) is 37.4 Å². The van der Waals surface area contributed by atoms with Crippen molar-refractivity contribution >= 4 is 10.0 Å². The van der Waals surface area contributed by atoms with Crippen LogP contribution in [0.15, 0.2) is 23.1 Å². The van der Waals surface area contributed by atoms with Crippen molar-refractivity contribution in [1.82, 2.24) is 4.31 Å². The van der Waals surface area contributed by atoms with Crippen LogP contribution in [0.25, 0.3) is 0 Å². The zero-order chi connectivity index (χ0) is 10.9. The molecule has 1 aliphatic rings. The summed E-state index contributed by atoms with van der Waals surface area (Å²) in [5.74, 6) is 0. The average molecular weight is 224 g/mol. The molecule has 0 amide bonds. The van der Waals surface area contributed by atoms with Gasteiger partial charge in [0.1, 0.15) is 0 Å². The molecule has 3 nitrogen and oxygen atoms in total. The summed E-state index contributed by atoms with van der Waals surface area (Å²) in [4.78, 5) is 0.356. The molecule has 0 bridgehead atoms. The summed E-state index contributed by atoms with van der Waals surface area (Å²) in [6.45, 7) is 3.19. The highest BCUT2D eigenvalue weighted by molar-refractivity contribution is 7.89. The molecule has 1 fully saturated rings. The molecule has 2 rings (SSSR count). The Balaban J connectivity index is 2.32. The number of sulfonamides is 1. The van der Waals surface area contributed by atoms with Gasteiger partial charge in [0, 0.05) is 13.1 Å². The van der Waals surface area contributed by atoms with E-state index in [-0.39, 0.29) is 0 Å². The van der Waals surface area contributed by atoms with Crippen LogP contribution in [0.3, 0.4) is 0 Å². The Morgan fingerprint density at radius 1 is 1.27 bits per heavy atom. The molecule has 1 aliphatic heterocycles. The predicted octanol–water partition coefficient (Wildman–Crippen LogP) is 1.58. The van der Waals surface area contributed by atoms with Crippen LogP contribution < -0.4 is 0 Å². The van der Waals surface area contributed by atoms with E-state index in [1.54, 1.807) is 22.5 Å². The Hall–Kier alpha value is -0.870. The maximum absolute atomic E-state index is 12.1. The molecule has 4 heteroatoms. The number of benzene rings is 1. The fourth-order valence-corrected chi connectivity index (χ4v) is 3.21. The molecule has 15 heavy (non-hydrogen) atoms. The van der Waals surface area contributed by atoms with E-state index in [1.165, 1.54) is 0 Å². The highest BCUT2D eigenvalue weighted by Gasteiger charge is 2.26. The Bertz CT molecular complexity index is 430. The summed E-state index contributed by atoms with van der Waals surface area (Å²) in [6, 6.07) is 7.92. The molecule has 0 spiro atoms. The molecule has 1 radical (unpaired) electrons. The number of hydrogen-bond acceptors (Lipinski definition) is 2. The molecule has 0 saturated carbocycles. The molecule has 1 aromatic carbocycles. The molecule has 0 atom stereocenters. The van der Waals surface area contributed by atoms with Gasteiger partial charge in [0.2, 0.25) is 10.0 Å². The van der Waals surface area contributed by atoms with Crippen LogP contribution in [0.5, 0.6) is 0 Å². The largest absolute Gasteiger partial charge is 0.243 e. The molecular formula is C11H14NO2S. The molecule has 1 saturated heterocycles. The van der Waals surface area contributed by atoms with Crippen LogP contribution in [-0.4, -0.2) is 25.8 Å². The molecular weight excluding hydrogens is 210 g/mol. The van der Waals surface area contributed by atoms with Gasteiger partial charge in [0.25, 0.3) is 0 Å². The summed E-state index contributed by atoms with van der Waals surface area (Å²) in [5.41, 5.74) is 0.954. The standard InChI is InChI=1S/C11H14NO2S/c1-10-4-6-11(7-5-10)15(13,14)12-8-2-3-9-12/h4,6-7H,2-3,8-9H2,1H3. The van der Waals surface area contributed by atoms with Crippen LogP contribution >= 0.6 is 0 Å². The second kappa shape index (κ2) is 3.94. The van der Waals surface area contributed by atoms with Crippen LogP contribution in [0.1, 0.15) is 18.4 Å². The molecule has 0 aliphatic carbocycles. The molecule has 81 valence electrons. The minimum absolute atomic E-state index is 0.356. The van der Waals surface area contributed by atoms with Crippen LogP contribution in [0.2, 0.25) is 0 Å². The highest BCUT2D eigenvalue weighted by Crippen LogP contribution is 2.20. The first-order valence-corrected chi connectivity index (χ1v) is 6.53. The molecule has 1 aromatic rings. The van der Waals surface area contributed by atoms with Gasteiger partial charge >= 0.3 is 0 Å². The Kier molecular flexibility index (Phi) is 2.80. The quantitative estimate of drug-likeness (QED) is 0.765. The van der Waals surface area contributed by atoms with Crippen molar-refractivity contribution in [2.24, 2.45) is 0 Å². The van der Waals surface area contributed by atoms with Gasteiger partial charge in [-0.1, -0.05) is 6.07 Å². The van der Waals surface area contributed by atoms with E-state index < -0.39 is 10.0 Å². The lowest BCUT2D eigenvalue weighted by atomic mass is 10.2. The molecule has 0 aromatic heterocycles. The van der Waals surface area contributed by atoms with Crippen molar-refractivity contribution in [1.29, 1.82) is 0 Å². The lowest BCUT2D eigenvalue weighted by molar-refractivity contribution is 0.477. The summed E-state index contributed by atoms with van der Waals surface area (Å²) in [7, 11) is -3.25. The van der Waals surface area contributed by atoms with Crippen molar-refractivity contribution < 1.29 is 8.42 Å². The van der Waals surface area contributed by atoms with Gasteiger partial charge < -0.3 is 0 Å². The number of rotatable bonds is 2. The number of aryl methyl sites for hydroxylation is 1. The minimum Gasteiger partial charge on any atom is -0.207 e. The number of hydrogen-bond donors (Lipinski definition) is 0. The van der Waals surface area contributed by atoms with E-state index in [9.17, 15) is 8.42 Å². The first kappa shape index (κ1) is 10.6. The normalized spacial score (nSPS) is 18.2. The van der Waals surface area contributed by atoms with Crippen LogP contribution in [0.4, 0.5) is 0 Å². The SMILES string of the molecule is Cc1[c]cc(S(=O)(=O)N2CCCC2)cc1. The second-order valence-electron chi connectivity index (χ2n) is 3.82. The first-order chi connectivity index (χ1) is 7.10. The lowest BCUT2D eigenvalue weighted by Gasteiger charge is -2.15. The predicted molar refractivity (Wildman–Crippen MR) is 58.0 cm³/mol. The van der Waals surface area contributed by atoms with Gasteiger partial charge in [-0.3, -0.25) is 0 Å². The molecule has 1 heterocycles. The van der Waals surface area contributed by atoms with Crippen molar-refractivity contribution in [2.75, 3.05) is 13.1 Å². The maximum atomic E-state index is 12.1. The zero-order valence-electron chi connectivity index (χ0n) is 8.73. The van der Waals surface area contributed by atoms with Crippen molar-refractivity contribution in [2.45, 2.75) is 24.7 Å². The van der Waals surface area contributed by atoms with E-state index >= 15 is 0 Å². The summed E-state index contributed by atoms with van der Waals surface area (Å²) in [5, 5.41) is 0. The second-order valence-corrected chi connectivity index (χ2v) is 5.76. The van der Waals surface area contributed by atoms with Crippen molar-refractivity contribution in [3.63, 3.8) is 0 Å². The fourth-order valence-electron chi connectivity index (χ4n) is 1.73. The zero-order valence-corrected chi connectivity index (χ0v) is 9.55. The third kappa shape index (κ3) is 2.06. The van der Waals surface area contributed by atoms with Gasteiger partial charge in [0.05, 0.1) is 4.90 Å². The van der Waals surface area contributed by atoms with E-state index in [0.717, 1.165) is 18.4 Å². The molecule has 0 unspecified atom stereocenters. The highest BCUT2D eigenvalue weighted by atomic mass is 32.2. The van der Waals surface area contributed by atoms with Crippen LogP contribution in [0, 0.1) is 13.0 Å². The van der Waals surface area contributed by atoms with E-state index in [1.807, 2.05) is 6.92 Å². The van der Waals surface area contributed by atoms with Crippen molar-refractivity contribution in [3.8, 4) is 0 Å². The maximum Gasteiger partial charge on any atom is 0.243 e. The van der Waals surface area contributed by atoms with Gasteiger partial charge in [-0.05, 0) is 43.5 Å². The van der Waals surface area contributed by atoms with Gasteiger partial charge in [-0.15, -0.1) is 0 Å². The monoisotopic (exact) mass is 224 g/mol. The average Bonchev–Trinajstić information content (AvgIpc) is 2.71. The number of nitrogens with zero attached hydrogens (tertiary/aromatic N) is 1. The third-order valence-electron chi connectivity index (χ3n) is 2.64. The van der Waals surface area contributed by atoms with Crippen molar-refractivity contribution in [3.05, 3.63) is 29.8 Å². The van der Waals surface area contributed by atoms with Gasteiger partial charge in [-0.2, -0.15) is 4.31 Å². The summed E-state index contributed by atoms with van der Waals surface area (Å²) in [6.07, 6.45) is 1.93. The van der Waals surface area contributed by atoms with Crippen LogP contribution in [-0.2, 0) is 10.0 Å². The fraction of sp³-hybridized carbons (Fsp3) is 0.455. The Labute approximate surface area is 90.8 Å².